The Morgan fingerprint density at radius 2 is 1.06 bits per heavy atom. The van der Waals surface area contributed by atoms with Crippen LogP contribution in [0.5, 0.6) is 0 Å². The zero-order valence-corrected chi connectivity index (χ0v) is 29.9. The fourth-order valence-corrected chi connectivity index (χ4v) is 9.38. The van der Waals surface area contributed by atoms with E-state index in [-0.39, 0.29) is 5.41 Å². The average molecular weight is 692 g/mol. The molecule has 11 aromatic rings. The Hall–Kier alpha value is -6.84. The van der Waals surface area contributed by atoms with E-state index in [1.165, 1.54) is 66.0 Å². The van der Waals surface area contributed by atoms with Gasteiger partial charge in [0.2, 0.25) is 0 Å². The molecule has 0 amide bonds. The Kier molecular flexibility index (Phi) is 5.84. The molecule has 0 N–H and O–H groups in total. The Labute approximate surface area is 311 Å². The molecule has 1 aliphatic carbocycles. The third kappa shape index (κ3) is 3.96. The van der Waals surface area contributed by atoms with Crippen LogP contribution in [0.4, 0.5) is 0 Å². The number of hydrogen-bond acceptors (Lipinski definition) is 2. The highest BCUT2D eigenvalue weighted by Crippen LogP contribution is 2.53. The molecule has 0 unspecified atom stereocenters. The molecule has 0 saturated carbocycles. The first-order chi connectivity index (χ1) is 26.5. The Morgan fingerprint density at radius 3 is 1.87 bits per heavy atom. The van der Waals surface area contributed by atoms with E-state index in [0.29, 0.717) is 0 Å². The minimum atomic E-state index is -0.171. The summed E-state index contributed by atoms with van der Waals surface area (Å²) >= 11 is 0. The molecule has 254 valence electrons. The van der Waals surface area contributed by atoms with Gasteiger partial charge >= 0.3 is 0 Å². The molecule has 54 heavy (non-hydrogen) atoms. The van der Waals surface area contributed by atoms with E-state index < -0.39 is 0 Å². The summed E-state index contributed by atoms with van der Waals surface area (Å²) < 4.78 is 15.4. The predicted octanol–water partition coefficient (Wildman–Crippen LogP) is 14.2. The molecule has 0 radical (unpaired) electrons. The van der Waals surface area contributed by atoms with Crippen LogP contribution < -0.4 is 0 Å². The van der Waals surface area contributed by atoms with Crippen molar-refractivity contribution in [3.05, 3.63) is 175 Å². The van der Waals surface area contributed by atoms with Gasteiger partial charge in [0, 0.05) is 54.5 Å². The quantitative estimate of drug-likeness (QED) is 0.185. The van der Waals surface area contributed by atoms with E-state index in [1.807, 2.05) is 18.2 Å². The summed E-state index contributed by atoms with van der Waals surface area (Å²) in [5.74, 6) is 0. The van der Waals surface area contributed by atoms with Gasteiger partial charge in [-0.15, -0.1) is 0 Å². The molecule has 0 spiro atoms. The number of nitrogens with zero attached hydrogens (tertiary/aromatic N) is 1. The number of fused-ring (bicyclic) bond motifs is 13. The number of furan rings is 2. The molecule has 0 bridgehead atoms. The number of hydrogen-bond donors (Lipinski definition) is 0. The van der Waals surface area contributed by atoms with Gasteiger partial charge in [0.05, 0.1) is 11.0 Å². The molecule has 1 aliphatic rings. The van der Waals surface area contributed by atoms with Gasteiger partial charge in [-0.3, -0.25) is 0 Å². The fourth-order valence-electron chi connectivity index (χ4n) is 9.38. The first-order valence-electron chi connectivity index (χ1n) is 18.7. The van der Waals surface area contributed by atoms with Gasteiger partial charge in [-0.25, -0.2) is 0 Å². The molecule has 0 saturated heterocycles. The second-order valence-electron chi connectivity index (χ2n) is 15.3. The molecule has 0 aliphatic heterocycles. The largest absolute Gasteiger partial charge is 0.455 e. The molecule has 3 aromatic heterocycles. The lowest BCUT2D eigenvalue weighted by Gasteiger charge is -2.22. The van der Waals surface area contributed by atoms with Crippen molar-refractivity contribution in [1.29, 1.82) is 0 Å². The molecular weight excluding hydrogens is 659 g/mol. The maximum Gasteiger partial charge on any atom is 0.143 e. The van der Waals surface area contributed by atoms with Gasteiger partial charge in [-0.05, 0) is 81.9 Å². The monoisotopic (exact) mass is 691 g/mol. The predicted molar refractivity (Wildman–Crippen MR) is 224 cm³/mol. The van der Waals surface area contributed by atoms with Crippen molar-refractivity contribution in [3.63, 3.8) is 0 Å². The minimum Gasteiger partial charge on any atom is -0.455 e. The maximum absolute atomic E-state index is 6.56. The first-order valence-corrected chi connectivity index (χ1v) is 18.7. The Balaban J connectivity index is 1.04. The Morgan fingerprint density at radius 1 is 0.407 bits per heavy atom. The van der Waals surface area contributed by atoms with Crippen molar-refractivity contribution >= 4 is 65.7 Å². The Bertz CT molecular complexity index is 3350. The topological polar surface area (TPSA) is 31.2 Å². The van der Waals surface area contributed by atoms with Crippen LogP contribution in [0.3, 0.4) is 0 Å². The van der Waals surface area contributed by atoms with Crippen LogP contribution in [-0.2, 0) is 5.41 Å². The standard InChI is InChI=1S/C51H33NO2/c1-51(2)42-25-24-39-37-14-7-9-18-47(37)54-50(39)48(42)40-23-20-30(28-43(40)51)31-19-22-35-41-27-32(21-26-44(41)52(45(35)29-31)33-11-4-3-5-12-33)34-15-10-16-38-36-13-6-8-17-46(36)53-49(34)38/h3-29H,1-2H3. The van der Waals surface area contributed by atoms with Gasteiger partial charge in [-0.2, -0.15) is 0 Å². The van der Waals surface area contributed by atoms with Gasteiger partial charge < -0.3 is 13.4 Å². The number of benzene rings is 8. The van der Waals surface area contributed by atoms with Crippen LogP contribution in [-0.4, -0.2) is 4.57 Å². The fraction of sp³-hybridized carbons (Fsp3) is 0.0588. The molecular formula is C51H33NO2. The van der Waals surface area contributed by atoms with Crippen LogP contribution in [0.25, 0.3) is 105 Å². The summed E-state index contributed by atoms with van der Waals surface area (Å²) in [5, 5.41) is 7.06. The summed E-state index contributed by atoms with van der Waals surface area (Å²) in [5.41, 5.74) is 16.9. The molecule has 3 heteroatoms. The molecule has 8 aromatic carbocycles. The number of para-hydroxylation sites is 4. The lowest BCUT2D eigenvalue weighted by Crippen LogP contribution is -2.14. The van der Waals surface area contributed by atoms with E-state index in [4.69, 9.17) is 8.83 Å². The van der Waals surface area contributed by atoms with Crippen molar-refractivity contribution in [2.75, 3.05) is 0 Å². The average Bonchev–Trinajstić information content (AvgIpc) is 3.94. The van der Waals surface area contributed by atoms with Crippen molar-refractivity contribution in [2.45, 2.75) is 19.3 Å². The second-order valence-corrected chi connectivity index (χ2v) is 15.3. The molecule has 0 fully saturated rings. The van der Waals surface area contributed by atoms with E-state index in [0.717, 1.165) is 49.9 Å². The van der Waals surface area contributed by atoms with Crippen LogP contribution >= 0.6 is 0 Å². The SMILES string of the molecule is CC1(C)c2cc(-c3ccc4c5cc(-c6cccc7c6oc6ccccc67)ccc5n(-c5ccccc5)c4c3)ccc2-c2c1ccc1c2oc2ccccc21. The third-order valence-corrected chi connectivity index (χ3v) is 12.0. The summed E-state index contributed by atoms with van der Waals surface area (Å²) in [6, 6.07) is 59.2. The van der Waals surface area contributed by atoms with E-state index in [9.17, 15) is 0 Å². The third-order valence-electron chi connectivity index (χ3n) is 12.0. The maximum atomic E-state index is 6.56. The summed E-state index contributed by atoms with van der Waals surface area (Å²) in [6.45, 7) is 4.69. The summed E-state index contributed by atoms with van der Waals surface area (Å²) in [7, 11) is 0. The highest BCUT2D eigenvalue weighted by atomic mass is 16.3. The summed E-state index contributed by atoms with van der Waals surface area (Å²) in [6.07, 6.45) is 0. The number of rotatable bonds is 3. The lowest BCUT2D eigenvalue weighted by atomic mass is 9.81. The van der Waals surface area contributed by atoms with Crippen LogP contribution in [0.1, 0.15) is 25.0 Å². The van der Waals surface area contributed by atoms with Gasteiger partial charge in [0.25, 0.3) is 0 Å². The first kappa shape index (κ1) is 29.7. The van der Waals surface area contributed by atoms with Crippen LogP contribution in [0.15, 0.2) is 173 Å². The van der Waals surface area contributed by atoms with Crippen molar-refractivity contribution in [2.24, 2.45) is 0 Å². The summed E-state index contributed by atoms with van der Waals surface area (Å²) in [4.78, 5) is 0. The molecule has 0 atom stereocenters. The van der Waals surface area contributed by atoms with Crippen molar-refractivity contribution in [3.8, 4) is 39.1 Å². The smallest absolute Gasteiger partial charge is 0.143 e. The normalized spacial score (nSPS) is 13.5. The van der Waals surface area contributed by atoms with E-state index in [2.05, 4.69) is 164 Å². The van der Waals surface area contributed by atoms with Crippen molar-refractivity contribution in [1.82, 2.24) is 4.57 Å². The van der Waals surface area contributed by atoms with Gasteiger partial charge in [0.15, 0.2) is 0 Å². The highest BCUT2D eigenvalue weighted by molar-refractivity contribution is 6.15. The zero-order valence-electron chi connectivity index (χ0n) is 29.9. The van der Waals surface area contributed by atoms with Crippen LogP contribution in [0.2, 0.25) is 0 Å². The molecule has 3 heterocycles. The second kappa shape index (κ2) is 10.6. The lowest BCUT2D eigenvalue weighted by molar-refractivity contribution is 0.653. The van der Waals surface area contributed by atoms with E-state index >= 15 is 0 Å². The molecule has 12 rings (SSSR count). The van der Waals surface area contributed by atoms with Crippen LogP contribution in [0, 0.1) is 0 Å². The molecule has 3 nitrogen and oxygen atoms in total. The van der Waals surface area contributed by atoms with Gasteiger partial charge in [0.1, 0.15) is 22.3 Å². The van der Waals surface area contributed by atoms with Crippen molar-refractivity contribution < 1.29 is 8.83 Å². The van der Waals surface area contributed by atoms with E-state index in [1.54, 1.807) is 0 Å². The highest BCUT2D eigenvalue weighted by Gasteiger charge is 2.38. The van der Waals surface area contributed by atoms with Gasteiger partial charge in [-0.1, -0.05) is 129 Å². The minimum absolute atomic E-state index is 0.171. The number of aromatic nitrogens is 1. The zero-order chi connectivity index (χ0) is 35.7.